The highest BCUT2D eigenvalue weighted by Gasteiger charge is 2.64. The van der Waals surface area contributed by atoms with Crippen LogP contribution in [0.1, 0.15) is 66.2 Å². The quantitative estimate of drug-likeness (QED) is 0.762. The van der Waals surface area contributed by atoms with Crippen LogP contribution < -0.4 is 0 Å². The minimum atomic E-state index is -0.442. The summed E-state index contributed by atoms with van der Waals surface area (Å²) in [6.45, 7) is 13.0. The molecule has 1 heterocycles. The number of hydrogen-bond acceptors (Lipinski definition) is 3. The highest BCUT2D eigenvalue weighted by Crippen LogP contribution is 2.65. The molecule has 2 aliphatic carbocycles. The molecule has 0 unspecified atom stereocenters. The van der Waals surface area contributed by atoms with Crippen LogP contribution in [0, 0.1) is 22.7 Å². The average molecular weight is 322 g/mol. The molecule has 0 radical (unpaired) electrons. The van der Waals surface area contributed by atoms with E-state index < -0.39 is 5.60 Å². The molecule has 7 atom stereocenters. The van der Waals surface area contributed by atoms with Crippen molar-refractivity contribution in [3.8, 4) is 0 Å². The van der Waals surface area contributed by atoms with Gasteiger partial charge in [-0.15, -0.1) is 6.58 Å². The molecule has 2 N–H and O–H groups in total. The molecule has 132 valence electrons. The number of hydrogen-bond donors (Lipinski definition) is 2. The van der Waals surface area contributed by atoms with Crippen LogP contribution in [0.2, 0.25) is 0 Å². The first-order valence-corrected chi connectivity index (χ1v) is 9.25. The van der Waals surface area contributed by atoms with Gasteiger partial charge >= 0.3 is 0 Å². The molecule has 0 bridgehead atoms. The highest BCUT2D eigenvalue weighted by atomic mass is 16.5. The van der Waals surface area contributed by atoms with Crippen LogP contribution in [0.15, 0.2) is 12.7 Å². The van der Waals surface area contributed by atoms with E-state index in [9.17, 15) is 10.2 Å². The van der Waals surface area contributed by atoms with Gasteiger partial charge < -0.3 is 14.9 Å². The first kappa shape index (κ1) is 17.4. The predicted molar refractivity (Wildman–Crippen MR) is 92.1 cm³/mol. The van der Waals surface area contributed by atoms with E-state index in [4.69, 9.17) is 4.74 Å². The summed E-state index contributed by atoms with van der Waals surface area (Å²) in [6, 6.07) is 0. The molecule has 1 saturated heterocycles. The lowest BCUT2D eigenvalue weighted by Gasteiger charge is -2.66. The largest absolute Gasteiger partial charge is 0.396 e. The maximum Gasteiger partial charge on any atom is 0.0864 e. The van der Waals surface area contributed by atoms with E-state index in [1.54, 1.807) is 0 Å². The molecule has 0 aromatic rings. The second kappa shape index (κ2) is 5.31. The van der Waals surface area contributed by atoms with Gasteiger partial charge in [-0.3, -0.25) is 0 Å². The van der Waals surface area contributed by atoms with E-state index in [0.717, 1.165) is 32.1 Å². The first-order valence-electron chi connectivity index (χ1n) is 9.25. The summed E-state index contributed by atoms with van der Waals surface area (Å²) >= 11 is 0. The summed E-state index contributed by atoms with van der Waals surface area (Å²) in [4.78, 5) is 0. The van der Waals surface area contributed by atoms with Gasteiger partial charge in [0.25, 0.3) is 0 Å². The fourth-order valence-electron chi connectivity index (χ4n) is 6.73. The van der Waals surface area contributed by atoms with Crippen LogP contribution in [0.25, 0.3) is 0 Å². The molecule has 3 heteroatoms. The Morgan fingerprint density at radius 3 is 2.48 bits per heavy atom. The molecule has 3 nitrogen and oxygen atoms in total. The van der Waals surface area contributed by atoms with E-state index in [2.05, 4.69) is 27.4 Å². The zero-order chi connectivity index (χ0) is 17.1. The van der Waals surface area contributed by atoms with Gasteiger partial charge in [0, 0.05) is 18.9 Å². The second-order valence-corrected chi connectivity index (χ2v) is 9.44. The molecular formula is C20H34O3. The summed E-state index contributed by atoms with van der Waals surface area (Å²) in [6.07, 6.45) is 7.47. The van der Waals surface area contributed by atoms with Gasteiger partial charge in [0.15, 0.2) is 0 Å². The molecular weight excluding hydrogens is 288 g/mol. The Morgan fingerprint density at radius 1 is 1.17 bits per heavy atom. The highest BCUT2D eigenvalue weighted by molar-refractivity contribution is 5.15. The zero-order valence-electron chi connectivity index (χ0n) is 15.3. The maximum absolute atomic E-state index is 11.1. The third-order valence-electron chi connectivity index (χ3n) is 7.66. The Balaban J connectivity index is 2.01. The van der Waals surface area contributed by atoms with Gasteiger partial charge in [0.1, 0.15) is 0 Å². The fourth-order valence-corrected chi connectivity index (χ4v) is 6.73. The van der Waals surface area contributed by atoms with E-state index in [1.807, 2.05) is 13.0 Å². The van der Waals surface area contributed by atoms with Gasteiger partial charge in [-0.25, -0.2) is 0 Å². The molecule has 2 saturated carbocycles. The molecule has 3 rings (SSSR count). The minimum absolute atomic E-state index is 0.0206. The van der Waals surface area contributed by atoms with Crippen LogP contribution >= 0.6 is 0 Å². The van der Waals surface area contributed by atoms with Gasteiger partial charge in [-0.05, 0) is 56.3 Å². The Labute approximate surface area is 141 Å². The monoisotopic (exact) mass is 322 g/mol. The maximum atomic E-state index is 11.1. The smallest absolute Gasteiger partial charge is 0.0864 e. The summed E-state index contributed by atoms with van der Waals surface area (Å²) < 4.78 is 6.56. The van der Waals surface area contributed by atoms with E-state index >= 15 is 0 Å². The molecule has 1 aliphatic heterocycles. The number of aliphatic hydroxyl groups is 2. The zero-order valence-corrected chi connectivity index (χ0v) is 15.3. The van der Waals surface area contributed by atoms with Crippen molar-refractivity contribution in [3.63, 3.8) is 0 Å². The molecule has 0 spiro atoms. The van der Waals surface area contributed by atoms with Gasteiger partial charge in [-0.1, -0.05) is 26.3 Å². The van der Waals surface area contributed by atoms with E-state index in [-0.39, 0.29) is 35.1 Å². The van der Waals surface area contributed by atoms with Crippen molar-refractivity contribution in [2.75, 3.05) is 6.61 Å². The molecule has 0 amide bonds. The van der Waals surface area contributed by atoms with Crippen molar-refractivity contribution >= 4 is 0 Å². The van der Waals surface area contributed by atoms with Gasteiger partial charge in [0.05, 0.1) is 17.3 Å². The van der Waals surface area contributed by atoms with Crippen molar-refractivity contribution in [2.45, 2.75) is 83.5 Å². The van der Waals surface area contributed by atoms with Gasteiger partial charge in [0.2, 0.25) is 0 Å². The topological polar surface area (TPSA) is 49.7 Å². The average Bonchev–Trinajstić information content (AvgIpc) is 2.45. The molecule has 0 aromatic carbocycles. The summed E-state index contributed by atoms with van der Waals surface area (Å²) in [5.74, 6) is 0.589. The molecule has 3 fully saturated rings. The Bertz CT molecular complexity index is 491. The molecule has 23 heavy (non-hydrogen) atoms. The molecule has 3 aliphatic rings. The number of aliphatic hydroxyl groups excluding tert-OH is 2. The third kappa shape index (κ3) is 2.42. The summed E-state index contributed by atoms with van der Waals surface area (Å²) in [7, 11) is 0. The fraction of sp³-hybridized carbons (Fsp3) is 0.900. The Morgan fingerprint density at radius 2 is 1.87 bits per heavy atom. The number of fused-ring (bicyclic) bond motifs is 3. The Kier molecular flexibility index (Phi) is 4.02. The number of ether oxygens (including phenoxy) is 1. The van der Waals surface area contributed by atoms with Crippen LogP contribution in [-0.2, 0) is 4.74 Å². The van der Waals surface area contributed by atoms with Crippen LogP contribution in [0.3, 0.4) is 0 Å². The minimum Gasteiger partial charge on any atom is -0.396 e. The summed E-state index contributed by atoms with van der Waals surface area (Å²) in [5.41, 5.74) is -0.736. The lowest BCUT2D eigenvalue weighted by molar-refractivity contribution is -0.286. The van der Waals surface area contributed by atoms with Crippen molar-refractivity contribution < 1.29 is 14.9 Å². The van der Waals surface area contributed by atoms with E-state index in [0.29, 0.717) is 12.3 Å². The van der Waals surface area contributed by atoms with Crippen molar-refractivity contribution in [3.05, 3.63) is 12.7 Å². The first-order chi connectivity index (χ1) is 10.6. The second-order valence-electron chi connectivity index (χ2n) is 9.44. The van der Waals surface area contributed by atoms with Crippen LogP contribution in [0.4, 0.5) is 0 Å². The molecule has 0 aromatic heterocycles. The van der Waals surface area contributed by atoms with Crippen molar-refractivity contribution in [1.82, 2.24) is 0 Å². The Hall–Kier alpha value is -0.380. The van der Waals surface area contributed by atoms with E-state index in [1.165, 1.54) is 0 Å². The normalized spacial score (nSPS) is 56.5. The number of rotatable bonds is 2. The third-order valence-corrected chi connectivity index (χ3v) is 7.66. The van der Waals surface area contributed by atoms with Crippen molar-refractivity contribution in [1.29, 1.82) is 0 Å². The lowest BCUT2D eigenvalue weighted by atomic mass is 9.43. The van der Waals surface area contributed by atoms with Crippen LogP contribution in [-0.4, -0.2) is 34.1 Å². The standard InChI is InChI=1S/C20H34O3/c1-6-18(3)12-14(22)16-19(4)10-7-9-17(2,13-21)15(19)8-11-20(16,5)23-18/h6,14-16,21-22H,1,7-13H2,2-5H3/t14-,15-,16+,17-,18-,19-,20+/m0/s1. The lowest BCUT2D eigenvalue weighted by Crippen LogP contribution is -2.67. The van der Waals surface area contributed by atoms with Crippen molar-refractivity contribution in [2.24, 2.45) is 22.7 Å². The SMILES string of the molecule is C=C[C@@]1(C)C[C@H](O)[C@@H]2[C@@]3(C)CCC[C@@](C)(CO)[C@@H]3CC[C@@]2(C)O1. The van der Waals surface area contributed by atoms with Crippen LogP contribution in [0.5, 0.6) is 0 Å². The van der Waals surface area contributed by atoms with Gasteiger partial charge in [-0.2, -0.15) is 0 Å². The predicted octanol–water partition coefficient (Wildman–Crippen LogP) is 3.69. The summed E-state index contributed by atoms with van der Waals surface area (Å²) in [5, 5.41) is 21.1.